The summed E-state index contributed by atoms with van der Waals surface area (Å²) >= 11 is 0. The van der Waals surface area contributed by atoms with Gasteiger partial charge in [-0.1, -0.05) is 6.07 Å². The summed E-state index contributed by atoms with van der Waals surface area (Å²) in [5.41, 5.74) is 1.46. The second-order valence-electron chi connectivity index (χ2n) is 6.78. The number of fused-ring (bicyclic) bond motifs is 1. The van der Waals surface area contributed by atoms with E-state index in [9.17, 15) is 13.2 Å². The molecule has 1 aromatic carbocycles. The van der Waals surface area contributed by atoms with Crippen LogP contribution < -0.4 is 20.3 Å². The van der Waals surface area contributed by atoms with Crippen LogP contribution in [0, 0.1) is 0 Å². The largest absolute Gasteiger partial charge is 0.495 e. The van der Waals surface area contributed by atoms with Gasteiger partial charge in [-0.25, -0.2) is 23.1 Å². The molecule has 0 aliphatic carbocycles. The molecule has 0 fully saturated rings. The number of nitrogens with zero attached hydrogens (tertiary/aromatic N) is 3. The molecule has 3 rings (SSSR count). The molecular formula is C19H23N5O4S. The van der Waals surface area contributed by atoms with Crippen molar-refractivity contribution in [3.8, 4) is 17.0 Å². The number of rotatable bonds is 6. The highest BCUT2D eigenvalue weighted by atomic mass is 32.2. The predicted octanol–water partition coefficient (Wildman–Crippen LogP) is 1.73. The minimum atomic E-state index is -3.67. The third kappa shape index (κ3) is 3.94. The summed E-state index contributed by atoms with van der Waals surface area (Å²) in [5.74, 6) is 0.612. The van der Waals surface area contributed by atoms with E-state index in [1.807, 2.05) is 13.8 Å². The van der Waals surface area contributed by atoms with Crippen LogP contribution in [-0.4, -0.2) is 43.2 Å². The van der Waals surface area contributed by atoms with E-state index in [1.165, 1.54) is 31.1 Å². The molecule has 2 aromatic heterocycles. The fourth-order valence-electron chi connectivity index (χ4n) is 2.91. The zero-order chi connectivity index (χ0) is 21.3. The second-order valence-corrected chi connectivity index (χ2v) is 8.64. The quantitative estimate of drug-likeness (QED) is 0.628. The monoisotopic (exact) mass is 417 g/mol. The molecule has 29 heavy (non-hydrogen) atoms. The maximum atomic E-state index is 12.6. The number of methoxy groups -OCH3 is 1. The van der Waals surface area contributed by atoms with Crippen molar-refractivity contribution in [2.45, 2.75) is 24.8 Å². The molecule has 0 saturated carbocycles. The first-order valence-corrected chi connectivity index (χ1v) is 10.4. The fourth-order valence-corrected chi connectivity index (χ4v) is 3.78. The third-order valence-electron chi connectivity index (χ3n) is 4.35. The zero-order valence-corrected chi connectivity index (χ0v) is 17.7. The SMILES string of the molecule is CNS(=O)(=O)c1ccc(-c2cc3ncn(C)c(=O)c3c(NC(C)C)n2)cc1OC. The molecule has 3 aromatic rings. The van der Waals surface area contributed by atoms with E-state index in [-0.39, 0.29) is 22.2 Å². The zero-order valence-electron chi connectivity index (χ0n) is 16.8. The summed E-state index contributed by atoms with van der Waals surface area (Å²) < 4.78 is 33.3. The molecule has 0 atom stereocenters. The molecular weight excluding hydrogens is 394 g/mol. The number of hydrogen-bond acceptors (Lipinski definition) is 7. The van der Waals surface area contributed by atoms with Gasteiger partial charge in [-0.05, 0) is 39.1 Å². The van der Waals surface area contributed by atoms with Crippen molar-refractivity contribution in [1.82, 2.24) is 19.3 Å². The highest BCUT2D eigenvalue weighted by molar-refractivity contribution is 7.89. The van der Waals surface area contributed by atoms with Crippen LogP contribution in [0.3, 0.4) is 0 Å². The van der Waals surface area contributed by atoms with Crippen LogP contribution in [0.15, 0.2) is 40.3 Å². The van der Waals surface area contributed by atoms with Crippen molar-refractivity contribution in [3.05, 3.63) is 40.9 Å². The van der Waals surface area contributed by atoms with Crippen LogP contribution >= 0.6 is 0 Å². The molecule has 154 valence electrons. The Morgan fingerprint density at radius 2 is 1.93 bits per heavy atom. The topological polar surface area (TPSA) is 115 Å². The smallest absolute Gasteiger partial charge is 0.264 e. The molecule has 2 N–H and O–H groups in total. The minimum Gasteiger partial charge on any atom is -0.495 e. The van der Waals surface area contributed by atoms with E-state index in [4.69, 9.17) is 4.74 Å². The highest BCUT2D eigenvalue weighted by Gasteiger charge is 2.20. The van der Waals surface area contributed by atoms with Crippen LogP contribution in [0.5, 0.6) is 5.75 Å². The molecule has 0 unspecified atom stereocenters. The van der Waals surface area contributed by atoms with Crippen molar-refractivity contribution >= 4 is 26.7 Å². The maximum Gasteiger partial charge on any atom is 0.264 e. The Kier molecular flexibility index (Phi) is 5.58. The van der Waals surface area contributed by atoms with Gasteiger partial charge in [0.05, 0.1) is 24.6 Å². The van der Waals surface area contributed by atoms with Gasteiger partial charge in [-0.3, -0.25) is 4.79 Å². The van der Waals surface area contributed by atoms with Crippen molar-refractivity contribution in [2.75, 3.05) is 19.5 Å². The Labute approximate surface area is 168 Å². The number of ether oxygens (including phenoxy) is 1. The molecule has 0 aliphatic heterocycles. The van der Waals surface area contributed by atoms with E-state index in [2.05, 4.69) is 20.0 Å². The molecule has 0 aliphatic rings. The van der Waals surface area contributed by atoms with Crippen molar-refractivity contribution in [3.63, 3.8) is 0 Å². The first kappa shape index (κ1) is 20.7. The van der Waals surface area contributed by atoms with E-state index in [1.54, 1.807) is 25.2 Å². The van der Waals surface area contributed by atoms with Gasteiger partial charge in [0, 0.05) is 18.7 Å². The number of pyridine rings is 1. The molecule has 2 heterocycles. The molecule has 0 amide bonds. The van der Waals surface area contributed by atoms with Crippen molar-refractivity contribution in [2.24, 2.45) is 7.05 Å². The van der Waals surface area contributed by atoms with Crippen LogP contribution in [0.1, 0.15) is 13.8 Å². The Morgan fingerprint density at radius 1 is 1.21 bits per heavy atom. The summed E-state index contributed by atoms with van der Waals surface area (Å²) in [7, 11) is 0.698. The van der Waals surface area contributed by atoms with Gasteiger partial charge < -0.3 is 14.6 Å². The Hall–Kier alpha value is -2.98. The summed E-state index contributed by atoms with van der Waals surface area (Å²) in [6, 6.07) is 6.44. The number of aryl methyl sites for hydroxylation is 1. The average molecular weight is 417 g/mol. The van der Waals surface area contributed by atoms with Crippen molar-refractivity contribution in [1.29, 1.82) is 0 Å². The second kappa shape index (κ2) is 7.80. The fraction of sp³-hybridized carbons (Fsp3) is 0.316. The molecule has 0 spiro atoms. The number of benzene rings is 1. The molecule has 9 nitrogen and oxygen atoms in total. The van der Waals surface area contributed by atoms with Gasteiger partial charge in [-0.2, -0.15) is 0 Å². The van der Waals surface area contributed by atoms with E-state index < -0.39 is 10.0 Å². The summed E-state index contributed by atoms with van der Waals surface area (Å²) in [5, 5.41) is 3.59. The van der Waals surface area contributed by atoms with Gasteiger partial charge in [0.2, 0.25) is 10.0 Å². The first-order valence-electron chi connectivity index (χ1n) is 8.92. The number of anilines is 1. The normalized spacial score (nSPS) is 11.8. The molecule has 0 saturated heterocycles. The summed E-state index contributed by atoms with van der Waals surface area (Å²) in [6.45, 7) is 3.89. The molecule has 0 bridgehead atoms. The lowest BCUT2D eigenvalue weighted by Gasteiger charge is -2.15. The van der Waals surface area contributed by atoms with E-state index in [0.29, 0.717) is 28.0 Å². The number of nitrogens with one attached hydrogen (secondary N) is 2. The Balaban J connectivity index is 2.25. The van der Waals surface area contributed by atoms with Crippen LogP contribution in [0.25, 0.3) is 22.2 Å². The summed E-state index contributed by atoms with van der Waals surface area (Å²) in [4.78, 5) is 21.6. The Morgan fingerprint density at radius 3 is 2.55 bits per heavy atom. The van der Waals surface area contributed by atoms with Gasteiger partial charge in [-0.15, -0.1) is 0 Å². The maximum absolute atomic E-state index is 12.6. The standard InChI is InChI=1S/C19H23N5O4S/c1-11(2)22-18-17-14(21-10-24(4)19(17)25)9-13(23-18)12-6-7-16(15(8-12)28-5)29(26,27)20-3/h6-11,20H,1-5H3,(H,22,23). The molecule has 10 heteroatoms. The number of sulfonamides is 1. The first-order chi connectivity index (χ1) is 13.7. The van der Waals surface area contributed by atoms with Crippen LogP contribution in [0.4, 0.5) is 5.82 Å². The van der Waals surface area contributed by atoms with Crippen LogP contribution in [0.2, 0.25) is 0 Å². The van der Waals surface area contributed by atoms with Gasteiger partial charge in [0.1, 0.15) is 21.8 Å². The highest BCUT2D eigenvalue weighted by Crippen LogP contribution is 2.31. The number of aromatic nitrogens is 3. The lowest BCUT2D eigenvalue weighted by Crippen LogP contribution is -2.21. The predicted molar refractivity (Wildman–Crippen MR) is 112 cm³/mol. The van der Waals surface area contributed by atoms with Crippen LogP contribution in [-0.2, 0) is 17.1 Å². The average Bonchev–Trinajstić information content (AvgIpc) is 2.69. The van der Waals surface area contributed by atoms with E-state index in [0.717, 1.165) is 0 Å². The Bertz CT molecular complexity index is 1240. The van der Waals surface area contributed by atoms with Gasteiger partial charge in [0.15, 0.2) is 0 Å². The van der Waals surface area contributed by atoms with Gasteiger partial charge >= 0.3 is 0 Å². The van der Waals surface area contributed by atoms with Crippen molar-refractivity contribution < 1.29 is 13.2 Å². The lowest BCUT2D eigenvalue weighted by atomic mass is 10.1. The summed E-state index contributed by atoms with van der Waals surface area (Å²) in [6.07, 6.45) is 1.46. The molecule has 0 radical (unpaired) electrons. The minimum absolute atomic E-state index is 0.0274. The van der Waals surface area contributed by atoms with E-state index >= 15 is 0 Å². The third-order valence-corrected chi connectivity index (χ3v) is 5.80. The lowest BCUT2D eigenvalue weighted by molar-refractivity contribution is 0.402. The van der Waals surface area contributed by atoms with Gasteiger partial charge in [0.25, 0.3) is 5.56 Å². The number of hydrogen-bond donors (Lipinski definition) is 2.